The summed E-state index contributed by atoms with van der Waals surface area (Å²) in [6.07, 6.45) is 0. The van der Waals surface area contributed by atoms with Gasteiger partial charge in [0, 0.05) is 24.5 Å². The highest BCUT2D eigenvalue weighted by Gasteiger charge is 2.05. The molecule has 0 radical (unpaired) electrons. The maximum Gasteiger partial charge on any atom is 0.0328 e. The molecular weight excluding hydrogens is 204 g/mol. The molecule has 0 fully saturated rings. The summed E-state index contributed by atoms with van der Waals surface area (Å²) in [5, 5.41) is 2.15. The van der Waals surface area contributed by atoms with Gasteiger partial charge >= 0.3 is 0 Å². The average molecular weight is 226 g/mol. The first kappa shape index (κ1) is 12.7. The fourth-order valence-electron chi connectivity index (χ4n) is 1.44. The van der Waals surface area contributed by atoms with Crippen molar-refractivity contribution in [3.05, 3.63) is 22.4 Å². The van der Waals surface area contributed by atoms with Crippen LogP contribution in [-0.2, 0) is 6.54 Å². The predicted octanol–water partition coefficient (Wildman–Crippen LogP) is 2.52. The molecule has 0 aromatic carbocycles. The Kier molecular flexibility index (Phi) is 5.91. The van der Waals surface area contributed by atoms with Crippen molar-refractivity contribution in [2.45, 2.75) is 20.4 Å². The third kappa shape index (κ3) is 4.78. The van der Waals surface area contributed by atoms with Gasteiger partial charge in [-0.2, -0.15) is 0 Å². The number of thiophene rings is 1. The molecule has 0 spiro atoms. The normalized spacial score (nSPS) is 11.5. The first-order chi connectivity index (χ1) is 7.26. The molecule has 2 nitrogen and oxygen atoms in total. The lowest BCUT2D eigenvalue weighted by molar-refractivity contribution is 0.233. The molecule has 0 N–H and O–H groups in total. The van der Waals surface area contributed by atoms with Crippen molar-refractivity contribution in [3.8, 4) is 0 Å². The number of hydrogen-bond acceptors (Lipinski definition) is 3. The van der Waals surface area contributed by atoms with Gasteiger partial charge in [0.25, 0.3) is 0 Å². The quantitative estimate of drug-likeness (QED) is 0.705. The summed E-state index contributed by atoms with van der Waals surface area (Å²) in [6.45, 7) is 10.1. The van der Waals surface area contributed by atoms with E-state index < -0.39 is 0 Å². The Bertz CT molecular complexity index is 246. The molecule has 0 amide bonds. The molecule has 86 valence electrons. The van der Waals surface area contributed by atoms with E-state index in [1.165, 1.54) is 11.4 Å². The van der Waals surface area contributed by atoms with Gasteiger partial charge in [0.05, 0.1) is 0 Å². The van der Waals surface area contributed by atoms with Crippen molar-refractivity contribution < 1.29 is 0 Å². The van der Waals surface area contributed by atoms with Gasteiger partial charge in [-0.1, -0.05) is 19.9 Å². The Morgan fingerprint density at radius 2 is 2.00 bits per heavy atom. The minimum atomic E-state index is 1.10. The first-order valence-corrected chi connectivity index (χ1v) is 6.57. The summed E-state index contributed by atoms with van der Waals surface area (Å²) in [5.74, 6) is 0. The number of hydrogen-bond donors (Lipinski definition) is 0. The highest BCUT2D eigenvalue weighted by atomic mass is 32.1. The Hall–Kier alpha value is -0.380. The molecular formula is C12H22N2S. The van der Waals surface area contributed by atoms with Crippen LogP contribution in [0.2, 0.25) is 0 Å². The van der Waals surface area contributed by atoms with Gasteiger partial charge in [-0.25, -0.2) is 0 Å². The van der Waals surface area contributed by atoms with Crippen LogP contribution in [0.3, 0.4) is 0 Å². The molecule has 0 saturated heterocycles. The minimum absolute atomic E-state index is 1.10. The van der Waals surface area contributed by atoms with Crippen LogP contribution >= 0.6 is 11.3 Å². The van der Waals surface area contributed by atoms with Gasteiger partial charge in [0.2, 0.25) is 0 Å². The topological polar surface area (TPSA) is 6.48 Å². The van der Waals surface area contributed by atoms with Crippen molar-refractivity contribution in [3.63, 3.8) is 0 Å². The minimum Gasteiger partial charge on any atom is -0.305 e. The van der Waals surface area contributed by atoms with Crippen molar-refractivity contribution in [2.75, 3.05) is 33.2 Å². The molecule has 1 heterocycles. The van der Waals surface area contributed by atoms with E-state index >= 15 is 0 Å². The zero-order chi connectivity index (χ0) is 11.1. The molecule has 0 unspecified atom stereocenters. The van der Waals surface area contributed by atoms with E-state index in [1.807, 2.05) is 11.3 Å². The summed E-state index contributed by atoms with van der Waals surface area (Å²) in [6, 6.07) is 4.35. The van der Waals surface area contributed by atoms with Gasteiger partial charge < -0.3 is 4.90 Å². The number of likely N-dealkylation sites (N-methyl/N-ethyl adjacent to an activating group) is 2. The van der Waals surface area contributed by atoms with Gasteiger partial charge in [0.1, 0.15) is 0 Å². The second-order valence-electron chi connectivity index (χ2n) is 3.84. The fraction of sp³-hybridized carbons (Fsp3) is 0.667. The smallest absolute Gasteiger partial charge is 0.0328 e. The standard InChI is InChI=1S/C12H22N2S/c1-4-13(3)8-9-14(5-2)11-12-7-6-10-15-12/h6-7,10H,4-5,8-9,11H2,1-3H3. The van der Waals surface area contributed by atoms with Crippen molar-refractivity contribution in [1.29, 1.82) is 0 Å². The average Bonchev–Trinajstić information content (AvgIpc) is 2.76. The largest absolute Gasteiger partial charge is 0.305 e. The third-order valence-electron chi connectivity index (χ3n) is 2.74. The fourth-order valence-corrected chi connectivity index (χ4v) is 2.19. The SMILES string of the molecule is CCN(C)CCN(CC)Cc1cccs1. The first-order valence-electron chi connectivity index (χ1n) is 5.69. The molecule has 0 aliphatic rings. The van der Waals surface area contributed by atoms with E-state index in [-0.39, 0.29) is 0 Å². The molecule has 1 rings (SSSR count). The monoisotopic (exact) mass is 226 g/mol. The number of nitrogens with zero attached hydrogens (tertiary/aromatic N) is 2. The van der Waals surface area contributed by atoms with Crippen LogP contribution in [0.25, 0.3) is 0 Å². The molecule has 0 atom stereocenters. The third-order valence-corrected chi connectivity index (χ3v) is 3.61. The Labute approximate surface area is 97.5 Å². The second-order valence-corrected chi connectivity index (χ2v) is 4.88. The van der Waals surface area contributed by atoms with Crippen LogP contribution in [0.5, 0.6) is 0 Å². The maximum absolute atomic E-state index is 2.50. The highest BCUT2D eigenvalue weighted by Crippen LogP contribution is 2.11. The molecule has 1 aromatic rings. The van der Waals surface area contributed by atoms with Crippen LogP contribution in [0, 0.1) is 0 Å². The zero-order valence-corrected chi connectivity index (χ0v) is 10.9. The highest BCUT2D eigenvalue weighted by molar-refractivity contribution is 7.09. The summed E-state index contributed by atoms with van der Waals surface area (Å²) in [7, 11) is 2.18. The predicted molar refractivity (Wildman–Crippen MR) is 68.4 cm³/mol. The van der Waals surface area contributed by atoms with Gasteiger partial charge in [0.15, 0.2) is 0 Å². The Morgan fingerprint density at radius 1 is 1.20 bits per heavy atom. The van der Waals surface area contributed by atoms with Crippen molar-refractivity contribution >= 4 is 11.3 Å². The molecule has 15 heavy (non-hydrogen) atoms. The summed E-state index contributed by atoms with van der Waals surface area (Å²) >= 11 is 1.85. The van der Waals surface area contributed by atoms with E-state index in [4.69, 9.17) is 0 Å². The van der Waals surface area contributed by atoms with E-state index in [0.29, 0.717) is 0 Å². The molecule has 0 saturated carbocycles. The van der Waals surface area contributed by atoms with E-state index in [1.54, 1.807) is 0 Å². The van der Waals surface area contributed by atoms with E-state index in [2.05, 4.69) is 48.2 Å². The molecule has 0 bridgehead atoms. The van der Waals surface area contributed by atoms with Crippen LogP contribution in [0.4, 0.5) is 0 Å². The number of rotatable bonds is 7. The Balaban J connectivity index is 2.30. The summed E-state index contributed by atoms with van der Waals surface area (Å²) < 4.78 is 0. The van der Waals surface area contributed by atoms with Crippen LogP contribution in [0.15, 0.2) is 17.5 Å². The lowest BCUT2D eigenvalue weighted by Gasteiger charge is -2.22. The lowest BCUT2D eigenvalue weighted by Crippen LogP contribution is -2.32. The molecule has 3 heteroatoms. The van der Waals surface area contributed by atoms with Gasteiger partial charge in [-0.05, 0) is 31.6 Å². The molecule has 0 aliphatic carbocycles. The van der Waals surface area contributed by atoms with Gasteiger partial charge in [-0.15, -0.1) is 11.3 Å². The summed E-state index contributed by atoms with van der Waals surface area (Å²) in [4.78, 5) is 6.32. The van der Waals surface area contributed by atoms with E-state index in [9.17, 15) is 0 Å². The molecule has 0 aliphatic heterocycles. The van der Waals surface area contributed by atoms with Crippen LogP contribution in [0.1, 0.15) is 18.7 Å². The Morgan fingerprint density at radius 3 is 2.53 bits per heavy atom. The van der Waals surface area contributed by atoms with E-state index in [0.717, 1.165) is 26.2 Å². The zero-order valence-electron chi connectivity index (χ0n) is 10.1. The lowest BCUT2D eigenvalue weighted by atomic mass is 10.4. The molecule has 1 aromatic heterocycles. The van der Waals surface area contributed by atoms with Crippen molar-refractivity contribution in [1.82, 2.24) is 9.80 Å². The van der Waals surface area contributed by atoms with Crippen LogP contribution < -0.4 is 0 Å². The maximum atomic E-state index is 2.50. The van der Waals surface area contributed by atoms with Crippen molar-refractivity contribution in [2.24, 2.45) is 0 Å². The van der Waals surface area contributed by atoms with Crippen LogP contribution in [-0.4, -0.2) is 43.0 Å². The second kappa shape index (κ2) is 6.99. The summed E-state index contributed by atoms with van der Waals surface area (Å²) in [5.41, 5.74) is 0. The van der Waals surface area contributed by atoms with Gasteiger partial charge in [-0.3, -0.25) is 4.90 Å².